The standard InChI is InChI=1S/C16H15ClFN3O2/c1-9(16(23)19-11-4-5-13(18)12(17)8-11)21-15(22)7-6-14(20-21)10-2-3-10/h4-10H,2-3H2,1H3,(H,19,23). The van der Waals surface area contributed by atoms with Crippen molar-refractivity contribution in [2.75, 3.05) is 5.32 Å². The predicted octanol–water partition coefficient (Wildman–Crippen LogP) is 3.11. The quantitative estimate of drug-likeness (QED) is 0.933. The highest BCUT2D eigenvalue weighted by molar-refractivity contribution is 6.31. The second-order valence-corrected chi connectivity index (χ2v) is 6.02. The fourth-order valence-corrected chi connectivity index (χ4v) is 2.43. The van der Waals surface area contributed by atoms with Gasteiger partial charge in [-0.25, -0.2) is 9.07 Å². The van der Waals surface area contributed by atoms with E-state index in [1.54, 1.807) is 13.0 Å². The van der Waals surface area contributed by atoms with Gasteiger partial charge in [-0.1, -0.05) is 11.6 Å². The number of halogens is 2. The lowest BCUT2D eigenvalue weighted by Gasteiger charge is -2.15. The van der Waals surface area contributed by atoms with Crippen LogP contribution in [0.4, 0.5) is 10.1 Å². The van der Waals surface area contributed by atoms with Gasteiger partial charge < -0.3 is 5.32 Å². The molecule has 3 rings (SSSR count). The van der Waals surface area contributed by atoms with Crippen LogP contribution in [0.2, 0.25) is 5.02 Å². The van der Waals surface area contributed by atoms with Crippen molar-refractivity contribution in [1.82, 2.24) is 9.78 Å². The molecule has 7 heteroatoms. The van der Waals surface area contributed by atoms with Crippen molar-refractivity contribution < 1.29 is 9.18 Å². The number of hydrogen-bond acceptors (Lipinski definition) is 3. The third-order valence-corrected chi connectivity index (χ3v) is 4.06. The van der Waals surface area contributed by atoms with E-state index in [-0.39, 0.29) is 10.6 Å². The third kappa shape index (κ3) is 3.42. The Labute approximate surface area is 137 Å². The molecule has 1 aliphatic carbocycles. The fourth-order valence-electron chi connectivity index (χ4n) is 2.25. The molecule has 1 unspecified atom stereocenters. The van der Waals surface area contributed by atoms with Crippen molar-refractivity contribution in [3.05, 3.63) is 57.2 Å². The fraction of sp³-hybridized carbons (Fsp3) is 0.312. The number of hydrogen-bond donors (Lipinski definition) is 1. The Balaban J connectivity index is 1.80. The molecule has 0 saturated heterocycles. The predicted molar refractivity (Wildman–Crippen MR) is 85.2 cm³/mol. The first-order chi connectivity index (χ1) is 11.0. The average molecular weight is 336 g/mol. The summed E-state index contributed by atoms with van der Waals surface area (Å²) in [5.74, 6) is -0.601. The Morgan fingerprint density at radius 3 is 2.78 bits per heavy atom. The zero-order chi connectivity index (χ0) is 16.6. The van der Waals surface area contributed by atoms with Crippen molar-refractivity contribution in [1.29, 1.82) is 0 Å². The highest BCUT2D eigenvalue weighted by Crippen LogP contribution is 2.38. The maximum atomic E-state index is 13.1. The van der Waals surface area contributed by atoms with E-state index in [9.17, 15) is 14.0 Å². The van der Waals surface area contributed by atoms with Gasteiger partial charge in [-0.15, -0.1) is 0 Å². The summed E-state index contributed by atoms with van der Waals surface area (Å²) in [6.07, 6.45) is 2.11. The maximum Gasteiger partial charge on any atom is 0.267 e. The molecular formula is C16H15ClFN3O2. The van der Waals surface area contributed by atoms with Gasteiger partial charge in [0.25, 0.3) is 5.56 Å². The Bertz CT molecular complexity index is 817. The lowest BCUT2D eigenvalue weighted by Crippen LogP contribution is -2.33. The molecule has 0 spiro atoms. The summed E-state index contributed by atoms with van der Waals surface area (Å²) in [6.45, 7) is 1.59. The molecule has 0 bridgehead atoms. The van der Waals surface area contributed by atoms with Crippen LogP contribution >= 0.6 is 11.6 Å². The number of nitrogens with zero attached hydrogens (tertiary/aromatic N) is 2. The highest BCUT2D eigenvalue weighted by atomic mass is 35.5. The van der Waals surface area contributed by atoms with Gasteiger partial charge in [-0.05, 0) is 44.0 Å². The summed E-state index contributed by atoms with van der Waals surface area (Å²) in [5.41, 5.74) is 0.850. The number of aromatic nitrogens is 2. The SMILES string of the molecule is CC(C(=O)Nc1ccc(F)c(Cl)c1)n1nc(C2CC2)ccc1=O. The van der Waals surface area contributed by atoms with E-state index in [2.05, 4.69) is 10.4 Å². The van der Waals surface area contributed by atoms with E-state index in [1.807, 2.05) is 0 Å². The summed E-state index contributed by atoms with van der Waals surface area (Å²) < 4.78 is 14.3. The van der Waals surface area contributed by atoms with Crippen LogP contribution in [0.5, 0.6) is 0 Å². The molecule has 1 aromatic carbocycles. The van der Waals surface area contributed by atoms with Gasteiger partial charge in [0.2, 0.25) is 5.91 Å². The molecule has 0 aliphatic heterocycles. The van der Waals surface area contributed by atoms with Gasteiger partial charge in [0.05, 0.1) is 10.7 Å². The number of carbonyl (C=O) groups is 1. The first-order valence-corrected chi connectivity index (χ1v) is 7.69. The molecule has 1 heterocycles. The molecule has 2 aromatic rings. The first kappa shape index (κ1) is 15.7. The Morgan fingerprint density at radius 2 is 2.13 bits per heavy atom. The van der Waals surface area contributed by atoms with Gasteiger partial charge in [0, 0.05) is 17.7 Å². The summed E-state index contributed by atoms with van der Waals surface area (Å²) >= 11 is 5.69. The monoisotopic (exact) mass is 335 g/mol. The van der Waals surface area contributed by atoms with Crippen LogP contribution in [-0.2, 0) is 4.79 Å². The number of carbonyl (C=O) groups excluding carboxylic acids is 1. The molecule has 1 N–H and O–H groups in total. The number of rotatable bonds is 4. The van der Waals surface area contributed by atoms with Gasteiger partial charge in [0.15, 0.2) is 0 Å². The number of nitrogens with one attached hydrogen (secondary N) is 1. The lowest BCUT2D eigenvalue weighted by molar-refractivity contribution is -0.119. The van der Waals surface area contributed by atoms with Crippen LogP contribution in [0.15, 0.2) is 35.1 Å². The van der Waals surface area contributed by atoms with Gasteiger partial charge >= 0.3 is 0 Å². The summed E-state index contributed by atoms with van der Waals surface area (Å²) in [7, 11) is 0. The van der Waals surface area contributed by atoms with E-state index in [4.69, 9.17) is 11.6 Å². The zero-order valence-corrected chi connectivity index (χ0v) is 13.2. The molecular weight excluding hydrogens is 321 g/mol. The van der Waals surface area contributed by atoms with Crippen LogP contribution in [0.3, 0.4) is 0 Å². The molecule has 5 nitrogen and oxygen atoms in total. The largest absolute Gasteiger partial charge is 0.324 e. The molecule has 1 saturated carbocycles. The second-order valence-electron chi connectivity index (χ2n) is 5.61. The molecule has 1 aliphatic rings. The van der Waals surface area contributed by atoms with E-state index in [0.29, 0.717) is 11.6 Å². The molecule has 1 amide bonds. The van der Waals surface area contributed by atoms with Crippen molar-refractivity contribution in [2.45, 2.75) is 31.7 Å². The van der Waals surface area contributed by atoms with Crippen molar-refractivity contribution >= 4 is 23.2 Å². The molecule has 1 aromatic heterocycles. The summed E-state index contributed by atoms with van der Waals surface area (Å²) in [5, 5.41) is 6.81. The molecule has 120 valence electrons. The number of amides is 1. The molecule has 23 heavy (non-hydrogen) atoms. The molecule has 1 atom stereocenters. The summed E-state index contributed by atoms with van der Waals surface area (Å²) in [4.78, 5) is 24.3. The van der Waals surface area contributed by atoms with Crippen LogP contribution in [0.1, 0.15) is 37.4 Å². The normalized spacial score (nSPS) is 15.3. The highest BCUT2D eigenvalue weighted by Gasteiger charge is 2.27. The Hall–Kier alpha value is -2.21. The Morgan fingerprint density at radius 1 is 1.39 bits per heavy atom. The number of benzene rings is 1. The van der Waals surface area contributed by atoms with Gasteiger partial charge in [-0.3, -0.25) is 9.59 Å². The average Bonchev–Trinajstić information content (AvgIpc) is 3.35. The maximum absolute atomic E-state index is 13.1. The van der Waals surface area contributed by atoms with E-state index >= 15 is 0 Å². The second kappa shape index (κ2) is 6.12. The lowest BCUT2D eigenvalue weighted by atomic mass is 10.2. The summed E-state index contributed by atoms with van der Waals surface area (Å²) in [6, 6.07) is 6.24. The van der Waals surface area contributed by atoms with Crippen LogP contribution in [0.25, 0.3) is 0 Å². The van der Waals surface area contributed by atoms with Crippen LogP contribution in [0, 0.1) is 5.82 Å². The van der Waals surface area contributed by atoms with Crippen molar-refractivity contribution in [2.24, 2.45) is 0 Å². The Kier molecular flexibility index (Phi) is 4.17. The number of anilines is 1. The minimum Gasteiger partial charge on any atom is -0.324 e. The topological polar surface area (TPSA) is 64.0 Å². The van der Waals surface area contributed by atoms with Gasteiger partial charge in [0.1, 0.15) is 11.9 Å². The minimum absolute atomic E-state index is 0.0820. The van der Waals surface area contributed by atoms with Crippen molar-refractivity contribution in [3.63, 3.8) is 0 Å². The molecule has 0 radical (unpaired) electrons. The van der Waals surface area contributed by atoms with Crippen LogP contribution in [-0.4, -0.2) is 15.7 Å². The van der Waals surface area contributed by atoms with Gasteiger partial charge in [-0.2, -0.15) is 5.10 Å². The first-order valence-electron chi connectivity index (χ1n) is 7.31. The third-order valence-electron chi connectivity index (χ3n) is 3.77. The van der Waals surface area contributed by atoms with E-state index in [0.717, 1.165) is 18.5 Å². The van der Waals surface area contributed by atoms with Crippen LogP contribution < -0.4 is 10.9 Å². The van der Waals surface area contributed by atoms with Crippen molar-refractivity contribution in [3.8, 4) is 0 Å². The van der Waals surface area contributed by atoms with E-state index in [1.165, 1.54) is 28.9 Å². The minimum atomic E-state index is -0.787. The molecule has 1 fully saturated rings. The van der Waals surface area contributed by atoms with E-state index < -0.39 is 17.8 Å². The zero-order valence-electron chi connectivity index (χ0n) is 12.4. The smallest absolute Gasteiger partial charge is 0.267 e.